The van der Waals surface area contributed by atoms with Crippen LogP contribution in [0.5, 0.6) is 0 Å². The van der Waals surface area contributed by atoms with Gasteiger partial charge in [-0.1, -0.05) is 41.8 Å². The molecule has 201 valence electrons. The Bertz CT molecular complexity index is 1670. The molecule has 40 heavy (non-hydrogen) atoms. The zero-order valence-corrected chi connectivity index (χ0v) is 25.5. The molecule has 0 unspecified atom stereocenters. The summed E-state index contributed by atoms with van der Waals surface area (Å²) in [5, 5.41) is 2.67. The van der Waals surface area contributed by atoms with Gasteiger partial charge in [-0.3, -0.25) is 0 Å². The zero-order chi connectivity index (χ0) is 26.1. The van der Waals surface area contributed by atoms with Crippen molar-refractivity contribution in [2.75, 3.05) is 0 Å². The number of nitrogens with zero attached hydrogens (tertiary/aromatic N) is 2. The second-order valence-electron chi connectivity index (χ2n) is 10.9. The molecule has 2 nitrogen and oxygen atoms in total. The van der Waals surface area contributed by atoms with Crippen LogP contribution in [0.2, 0.25) is 0 Å². The largest absolute Gasteiger partial charge is 0.305 e. The van der Waals surface area contributed by atoms with Gasteiger partial charge >= 0.3 is 0 Å². The number of hydrogen-bond donors (Lipinski definition) is 0. The average Bonchev–Trinajstić information content (AvgIpc) is 3.42. The number of rotatable bonds is 3. The van der Waals surface area contributed by atoms with Crippen LogP contribution in [-0.4, -0.2) is 9.97 Å². The van der Waals surface area contributed by atoms with Gasteiger partial charge in [-0.25, -0.2) is 0 Å². The van der Waals surface area contributed by atoms with Gasteiger partial charge in [-0.2, -0.15) is 11.3 Å². The van der Waals surface area contributed by atoms with E-state index in [1.54, 1.807) is 6.20 Å². The molecule has 3 saturated carbocycles. The molecule has 3 aliphatic carbocycles. The fourth-order valence-electron chi connectivity index (χ4n) is 6.53. The fraction of sp³-hybridized carbons (Fsp3) is 0.222. The van der Waals surface area contributed by atoms with Crippen LogP contribution < -0.4 is 0 Å². The molecule has 6 aromatic rings. The standard InChI is InChI=1S/C25H22NS.C11H8N.Ir/c1-2-7-23-19(4-1)20-5-3-6-21(24(20)27-23)22-16-18(11-15-26-22)25-12-8-17(9-13-25)10-14-25;1-2-6-10(7-3-1)11-8-4-5-9-12-11;/h1-5,7,11,15-17H,8-10,12-14H2;1-6,8-9H;/q2*-1;. The molecule has 3 fully saturated rings. The van der Waals surface area contributed by atoms with Crippen molar-refractivity contribution < 1.29 is 20.1 Å². The van der Waals surface area contributed by atoms with Gasteiger partial charge in [0.1, 0.15) is 0 Å². The van der Waals surface area contributed by atoms with E-state index in [0.717, 1.165) is 28.4 Å². The molecule has 4 heteroatoms. The van der Waals surface area contributed by atoms with Crippen molar-refractivity contribution in [2.24, 2.45) is 5.92 Å². The van der Waals surface area contributed by atoms with Crippen LogP contribution in [0.15, 0.2) is 103 Å². The maximum absolute atomic E-state index is 4.78. The van der Waals surface area contributed by atoms with Crippen LogP contribution in [0.1, 0.15) is 44.1 Å². The van der Waals surface area contributed by atoms with Gasteiger partial charge in [0, 0.05) is 37.2 Å². The molecule has 3 aliphatic rings. The molecule has 0 N–H and O–H groups in total. The van der Waals surface area contributed by atoms with Gasteiger partial charge in [-0.15, -0.1) is 59.7 Å². The van der Waals surface area contributed by atoms with Crippen molar-refractivity contribution in [1.29, 1.82) is 0 Å². The van der Waals surface area contributed by atoms with E-state index in [1.807, 2.05) is 60.0 Å². The van der Waals surface area contributed by atoms with Crippen LogP contribution in [0, 0.1) is 18.1 Å². The number of fused-ring (bicyclic) bond motifs is 6. The first-order chi connectivity index (χ1) is 19.3. The number of thiophene rings is 1. The minimum absolute atomic E-state index is 0. The second-order valence-corrected chi connectivity index (χ2v) is 11.9. The van der Waals surface area contributed by atoms with Crippen molar-refractivity contribution in [3.63, 3.8) is 0 Å². The first-order valence-corrected chi connectivity index (χ1v) is 14.8. The average molecular weight is 715 g/mol. The third-order valence-corrected chi connectivity index (χ3v) is 9.91. The Kier molecular flexibility index (Phi) is 7.94. The third-order valence-electron chi connectivity index (χ3n) is 8.71. The third kappa shape index (κ3) is 5.17. The Labute approximate surface area is 253 Å². The van der Waals surface area contributed by atoms with E-state index < -0.39 is 0 Å². The summed E-state index contributed by atoms with van der Waals surface area (Å²) in [7, 11) is 0. The van der Waals surface area contributed by atoms with E-state index in [4.69, 9.17) is 4.98 Å². The number of aromatic nitrogens is 2. The molecule has 2 bridgehead atoms. The molecule has 0 spiro atoms. The van der Waals surface area contributed by atoms with Crippen LogP contribution in [0.25, 0.3) is 42.7 Å². The minimum atomic E-state index is 0. The Morgan fingerprint density at radius 1 is 0.700 bits per heavy atom. The summed E-state index contributed by atoms with van der Waals surface area (Å²) in [4.78, 5) is 9.00. The predicted molar refractivity (Wildman–Crippen MR) is 163 cm³/mol. The van der Waals surface area contributed by atoms with E-state index in [1.165, 1.54) is 64.3 Å². The first kappa shape index (κ1) is 27.0. The van der Waals surface area contributed by atoms with Crippen molar-refractivity contribution in [2.45, 2.75) is 43.9 Å². The Hall–Kier alpha value is -3.17. The van der Waals surface area contributed by atoms with Gasteiger partial charge in [0.25, 0.3) is 0 Å². The SMILES string of the molecule is [Ir].[c-]1ccc2c(sc3ccccc32)c1-c1cc(C23CCC(CC2)CC3)ccn1.[c-]1ccccc1-c1ccccn1. The summed E-state index contributed by atoms with van der Waals surface area (Å²) in [6.45, 7) is 0. The maximum atomic E-state index is 4.78. The maximum Gasteiger partial charge on any atom is 0.0239 e. The summed E-state index contributed by atoms with van der Waals surface area (Å²) < 4.78 is 2.65. The summed E-state index contributed by atoms with van der Waals surface area (Å²) in [6.07, 6.45) is 12.1. The molecule has 0 atom stereocenters. The zero-order valence-electron chi connectivity index (χ0n) is 22.3. The van der Waals surface area contributed by atoms with Gasteiger partial charge in [0.15, 0.2) is 0 Å². The molecule has 0 saturated heterocycles. The smallest absolute Gasteiger partial charge is 0.0239 e. The molecule has 9 rings (SSSR count). The molecule has 1 radical (unpaired) electrons. The van der Waals surface area contributed by atoms with Crippen LogP contribution in [0.3, 0.4) is 0 Å². The summed E-state index contributed by atoms with van der Waals surface area (Å²) in [5.74, 6) is 0.994. The molecular weight excluding hydrogens is 685 g/mol. The quantitative estimate of drug-likeness (QED) is 0.171. The Morgan fingerprint density at radius 2 is 1.48 bits per heavy atom. The van der Waals surface area contributed by atoms with Crippen molar-refractivity contribution >= 4 is 31.5 Å². The Morgan fingerprint density at radius 3 is 2.25 bits per heavy atom. The molecule has 0 aliphatic heterocycles. The monoisotopic (exact) mass is 715 g/mol. The fourth-order valence-corrected chi connectivity index (χ4v) is 7.74. The van der Waals surface area contributed by atoms with E-state index in [2.05, 4.69) is 65.6 Å². The van der Waals surface area contributed by atoms with Crippen molar-refractivity contribution in [1.82, 2.24) is 9.97 Å². The second kappa shape index (κ2) is 11.7. The molecule has 3 heterocycles. The van der Waals surface area contributed by atoms with Crippen molar-refractivity contribution in [3.8, 4) is 22.5 Å². The van der Waals surface area contributed by atoms with E-state index in [9.17, 15) is 0 Å². The number of pyridine rings is 2. The van der Waals surface area contributed by atoms with Gasteiger partial charge in [-0.05, 0) is 95.1 Å². The summed E-state index contributed by atoms with van der Waals surface area (Å²) in [6, 6.07) is 37.9. The first-order valence-electron chi connectivity index (χ1n) is 14.0. The topological polar surface area (TPSA) is 25.8 Å². The molecule has 0 amide bonds. The van der Waals surface area contributed by atoms with Crippen LogP contribution in [0.4, 0.5) is 0 Å². The molecule has 3 aromatic carbocycles. The van der Waals surface area contributed by atoms with E-state index in [0.29, 0.717) is 5.41 Å². The minimum Gasteiger partial charge on any atom is -0.305 e. The van der Waals surface area contributed by atoms with E-state index in [-0.39, 0.29) is 20.1 Å². The molecular formula is C36H30IrN2S-2. The van der Waals surface area contributed by atoms with Gasteiger partial charge in [0.05, 0.1) is 0 Å². The number of hydrogen-bond acceptors (Lipinski definition) is 3. The molecule has 3 aromatic heterocycles. The van der Waals surface area contributed by atoms with E-state index >= 15 is 0 Å². The number of benzene rings is 3. The summed E-state index contributed by atoms with van der Waals surface area (Å²) in [5.41, 5.74) is 6.18. The van der Waals surface area contributed by atoms with Crippen LogP contribution in [-0.2, 0) is 25.5 Å². The Balaban J connectivity index is 0.000000188. The summed E-state index contributed by atoms with van der Waals surface area (Å²) >= 11 is 1.87. The van der Waals surface area contributed by atoms with Crippen LogP contribution >= 0.6 is 11.3 Å². The predicted octanol–water partition coefficient (Wildman–Crippen LogP) is 9.68. The van der Waals surface area contributed by atoms with Gasteiger partial charge < -0.3 is 9.97 Å². The normalized spacial score (nSPS) is 19.6. The van der Waals surface area contributed by atoms with Gasteiger partial charge in [0.2, 0.25) is 0 Å². The van der Waals surface area contributed by atoms with Crippen molar-refractivity contribution in [3.05, 3.63) is 121 Å².